The highest BCUT2D eigenvalue weighted by atomic mass is 19.2. The average molecular weight is 297 g/mol. The monoisotopic (exact) mass is 297 g/mol. The number of nitrogens with one attached hydrogen (secondary N) is 1. The standard InChI is InChI=1S/C16H15F4N/c1-2-7-21-16(10-3-5-12(17)6-4-10)11-8-13(18)15(20)14(19)9-11/h3-6,8-9,16,21H,2,7H2,1H3. The first-order valence-electron chi connectivity index (χ1n) is 6.66. The molecule has 0 spiro atoms. The normalized spacial score (nSPS) is 12.4. The minimum absolute atomic E-state index is 0.256. The predicted molar refractivity (Wildman–Crippen MR) is 72.9 cm³/mol. The third-order valence-corrected chi connectivity index (χ3v) is 3.14. The number of benzene rings is 2. The Balaban J connectivity index is 2.42. The van der Waals surface area contributed by atoms with Crippen LogP contribution in [-0.4, -0.2) is 6.54 Å². The highest BCUT2D eigenvalue weighted by Gasteiger charge is 2.18. The fourth-order valence-corrected chi connectivity index (χ4v) is 2.11. The lowest BCUT2D eigenvalue weighted by molar-refractivity contribution is 0.442. The van der Waals surface area contributed by atoms with Gasteiger partial charge in [0.2, 0.25) is 0 Å². The molecule has 1 atom stereocenters. The Labute approximate surface area is 120 Å². The van der Waals surface area contributed by atoms with Crippen LogP contribution in [0.5, 0.6) is 0 Å². The molecule has 112 valence electrons. The summed E-state index contributed by atoms with van der Waals surface area (Å²) in [4.78, 5) is 0. The molecule has 2 aromatic carbocycles. The Morgan fingerprint density at radius 2 is 1.48 bits per heavy atom. The Kier molecular flexibility index (Phi) is 4.96. The molecule has 1 unspecified atom stereocenters. The van der Waals surface area contributed by atoms with Crippen LogP contribution >= 0.6 is 0 Å². The van der Waals surface area contributed by atoms with Gasteiger partial charge in [-0.1, -0.05) is 19.1 Å². The Morgan fingerprint density at radius 1 is 0.905 bits per heavy atom. The van der Waals surface area contributed by atoms with Crippen LogP contribution < -0.4 is 5.32 Å². The number of halogens is 4. The van der Waals surface area contributed by atoms with Crippen LogP contribution in [0.1, 0.15) is 30.5 Å². The van der Waals surface area contributed by atoms with Gasteiger partial charge in [-0.15, -0.1) is 0 Å². The summed E-state index contributed by atoms with van der Waals surface area (Å²) < 4.78 is 52.9. The maximum atomic E-state index is 13.4. The summed E-state index contributed by atoms with van der Waals surface area (Å²) in [6.07, 6.45) is 0.809. The maximum Gasteiger partial charge on any atom is 0.194 e. The lowest BCUT2D eigenvalue weighted by Gasteiger charge is -2.20. The van der Waals surface area contributed by atoms with Crippen molar-refractivity contribution in [2.45, 2.75) is 19.4 Å². The maximum absolute atomic E-state index is 13.4. The second kappa shape index (κ2) is 6.72. The molecular formula is C16H15F4N. The van der Waals surface area contributed by atoms with E-state index in [4.69, 9.17) is 0 Å². The number of hydrogen-bond acceptors (Lipinski definition) is 1. The molecule has 21 heavy (non-hydrogen) atoms. The largest absolute Gasteiger partial charge is 0.306 e. The van der Waals surface area contributed by atoms with Crippen LogP contribution in [0.25, 0.3) is 0 Å². The second-order valence-electron chi connectivity index (χ2n) is 4.74. The van der Waals surface area contributed by atoms with E-state index in [9.17, 15) is 17.6 Å². The van der Waals surface area contributed by atoms with E-state index >= 15 is 0 Å². The minimum atomic E-state index is -1.49. The fraction of sp³-hybridized carbons (Fsp3) is 0.250. The van der Waals surface area contributed by atoms with Crippen molar-refractivity contribution in [2.75, 3.05) is 6.54 Å². The molecule has 0 aromatic heterocycles. The van der Waals surface area contributed by atoms with E-state index < -0.39 is 29.3 Å². The van der Waals surface area contributed by atoms with Crippen molar-refractivity contribution in [2.24, 2.45) is 0 Å². The van der Waals surface area contributed by atoms with Crippen LogP contribution in [0.15, 0.2) is 36.4 Å². The van der Waals surface area contributed by atoms with Gasteiger partial charge in [0.15, 0.2) is 17.5 Å². The predicted octanol–water partition coefficient (Wildman–Crippen LogP) is 4.33. The van der Waals surface area contributed by atoms with Crippen molar-refractivity contribution in [1.29, 1.82) is 0 Å². The molecule has 1 N–H and O–H groups in total. The van der Waals surface area contributed by atoms with E-state index in [1.54, 1.807) is 0 Å². The van der Waals surface area contributed by atoms with Crippen LogP contribution in [0.3, 0.4) is 0 Å². The van der Waals surface area contributed by atoms with Gasteiger partial charge in [-0.25, -0.2) is 17.6 Å². The zero-order valence-corrected chi connectivity index (χ0v) is 11.5. The summed E-state index contributed by atoms with van der Waals surface area (Å²) in [5.74, 6) is -4.37. The summed E-state index contributed by atoms with van der Waals surface area (Å²) >= 11 is 0. The van der Waals surface area contributed by atoms with Crippen molar-refractivity contribution in [3.63, 3.8) is 0 Å². The van der Waals surface area contributed by atoms with Crippen LogP contribution in [0.4, 0.5) is 17.6 Å². The minimum Gasteiger partial charge on any atom is -0.306 e. The first-order valence-corrected chi connectivity index (χ1v) is 6.66. The molecule has 2 aromatic rings. The van der Waals surface area contributed by atoms with E-state index in [1.165, 1.54) is 24.3 Å². The third kappa shape index (κ3) is 3.61. The van der Waals surface area contributed by atoms with Gasteiger partial charge >= 0.3 is 0 Å². The van der Waals surface area contributed by atoms with Crippen molar-refractivity contribution in [3.05, 3.63) is 70.8 Å². The van der Waals surface area contributed by atoms with Gasteiger partial charge in [0, 0.05) is 0 Å². The van der Waals surface area contributed by atoms with E-state index in [2.05, 4.69) is 5.32 Å². The summed E-state index contributed by atoms with van der Waals surface area (Å²) in [6.45, 7) is 2.54. The highest BCUT2D eigenvalue weighted by Crippen LogP contribution is 2.25. The summed E-state index contributed by atoms with van der Waals surface area (Å²) in [6, 6.07) is 6.97. The molecule has 2 rings (SSSR count). The van der Waals surface area contributed by atoms with Gasteiger partial charge in [-0.2, -0.15) is 0 Å². The van der Waals surface area contributed by atoms with Crippen molar-refractivity contribution >= 4 is 0 Å². The molecule has 0 aliphatic rings. The molecule has 0 radical (unpaired) electrons. The van der Waals surface area contributed by atoms with Gasteiger partial charge in [0.05, 0.1) is 6.04 Å². The van der Waals surface area contributed by atoms with Crippen molar-refractivity contribution in [3.8, 4) is 0 Å². The van der Waals surface area contributed by atoms with Gasteiger partial charge in [0.25, 0.3) is 0 Å². The average Bonchev–Trinajstić information content (AvgIpc) is 2.46. The molecule has 1 nitrogen and oxygen atoms in total. The van der Waals surface area contributed by atoms with Crippen LogP contribution in [0.2, 0.25) is 0 Å². The molecule has 0 saturated heterocycles. The van der Waals surface area contributed by atoms with E-state index in [1.807, 2.05) is 6.92 Å². The molecule has 0 fully saturated rings. The van der Waals surface area contributed by atoms with Crippen molar-refractivity contribution in [1.82, 2.24) is 5.32 Å². The van der Waals surface area contributed by atoms with Crippen molar-refractivity contribution < 1.29 is 17.6 Å². The van der Waals surface area contributed by atoms with Gasteiger partial charge < -0.3 is 5.32 Å². The van der Waals surface area contributed by atoms with Gasteiger partial charge in [-0.05, 0) is 48.4 Å². The van der Waals surface area contributed by atoms with Gasteiger partial charge in [-0.3, -0.25) is 0 Å². The first kappa shape index (κ1) is 15.5. The van der Waals surface area contributed by atoms with Crippen LogP contribution in [0, 0.1) is 23.3 Å². The second-order valence-corrected chi connectivity index (χ2v) is 4.74. The summed E-state index contributed by atoms with van der Waals surface area (Å²) in [7, 11) is 0. The zero-order chi connectivity index (χ0) is 15.4. The smallest absolute Gasteiger partial charge is 0.194 e. The molecule has 0 aliphatic heterocycles. The Morgan fingerprint density at radius 3 is 2.00 bits per heavy atom. The Hall–Kier alpha value is -1.88. The van der Waals surface area contributed by atoms with E-state index in [-0.39, 0.29) is 5.56 Å². The SMILES string of the molecule is CCCNC(c1ccc(F)cc1)c1cc(F)c(F)c(F)c1. The highest BCUT2D eigenvalue weighted by molar-refractivity contribution is 5.33. The molecular weight excluding hydrogens is 282 g/mol. The lowest BCUT2D eigenvalue weighted by atomic mass is 9.98. The summed E-state index contributed by atoms with van der Waals surface area (Å²) in [5.41, 5.74) is 0.904. The molecule has 5 heteroatoms. The topological polar surface area (TPSA) is 12.0 Å². The molecule has 0 aliphatic carbocycles. The first-order chi connectivity index (χ1) is 10.0. The number of hydrogen-bond donors (Lipinski definition) is 1. The zero-order valence-electron chi connectivity index (χ0n) is 11.5. The van der Waals surface area contributed by atoms with Crippen LogP contribution in [-0.2, 0) is 0 Å². The quantitative estimate of drug-likeness (QED) is 0.640. The molecule has 0 bridgehead atoms. The Bertz CT molecular complexity index is 587. The molecule has 0 saturated carbocycles. The molecule has 0 heterocycles. The summed E-state index contributed by atoms with van der Waals surface area (Å²) in [5, 5.41) is 3.12. The van der Waals surface area contributed by atoms with E-state index in [0.29, 0.717) is 12.1 Å². The van der Waals surface area contributed by atoms with Gasteiger partial charge in [0.1, 0.15) is 5.82 Å². The molecule has 0 amide bonds. The third-order valence-electron chi connectivity index (χ3n) is 3.14. The number of rotatable bonds is 5. The lowest BCUT2D eigenvalue weighted by Crippen LogP contribution is -2.23. The van der Waals surface area contributed by atoms with E-state index in [0.717, 1.165) is 18.6 Å². The fourth-order valence-electron chi connectivity index (χ4n) is 2.11.